The Morgan fingerprint density at radius 3 is 2.72 bits per heavy atom. The predicted octanol–water partition coefficient (Wildman–Crippen LogP) is 3.16. The lowest BCUT2D eigenvalue weighted by molar-refractivity contribution is 0.243. The number of hydrogen-bond donors (Lipinski definition) is 1. The van der Waals surface area contributed by atoms with Gasteiger partial charge in [-0.05, 0) is 29.3 Å². The molecule has 0 radical (unpaired) electrons. The van der Waals surface area contributed by atoms with E-state index in [-0.39, 0.29) is 0 Å². The molecule has 0 saturated carbocycles. The second kappa shape index (κ2) is 7.13. The van der Waals surface area contributed by atoms with Crippen molar-refractivity contribution in [2.75, 3.05) is 6.54 Å². The molecular formula is C21H22N4. The smallest absolute Gasteiger partial charge is 0.0724 e. The fourth-order valence-electron chi connectivity index (χ4n) is 3.44. The Morgan fingerprint density at radius 2 is 1.88 bits per heavy atom. The molecule has 4 rings (SSSR count). The van der Waals surface area contributed by atoms with Crippen LogP contribution < -0.4 is 5.73 Å². The van der Waals surface area contributed by atoms with Gasteiger partial charge < -0.3 is 5.73 Å². The van der Waals surface area contributed by atoms with Crippen LogP contribution in [0.4, 0.5) is 0 Å². The summed E-state index contributed by atoms with van der Waals surface area (Å²) in [5.74, 6) is 0. The third-order valence-electron chi connectivity index (χ3n) is 4.74. The zero-order chi connectivity index (χ0) is 17.1. The SMILES string of the molecule is NCc1ncccc1-c1ccc2c(n1)CCN(Cc1ccccc1)C2. The van der Waals surface area contributed by atoms with Crippen molar-refractivity contribution in [1.82, 2.24) is 14.9 Å². The molecule has 0 aliphatic carbocycles. The molecule has 3 aromatic rings. The van der Waals surface area contributed by atoms with E-state index in [1.807, 2.05) is 6.07 Å². The van der Waals surface area contributed by atoms with Gasteiger partial charge in [-0.2, -0.15) is 0 Å². The molecule has 4 heteroatoms. The zero-order valence-electron chi connectivity index (χ0n) is 14.2. The lowest BCUT2D eigenvalue weighted by Gasteiger charge is -2.28. The summed E-state index contributed by atoms with van der Waals surface area (Å²) in [5.41, 5.74) is 12.6. The van der Waals surface area contributed by atoms with E-state index < -0.39 is 0 Å². The maximum absolute atomic E-state index is 5.82. The molecule has 0 spiro atoms. The van der Waals surface area contributed by atoms with Crippen LogP contribution in [0.5, 0.6) is 0 Å². The zero-order valence-corrected chi connectivity index (χ0v) is 14.2. The maximum Gasteiger partial charge on any atom is 0.0724 e. The number of nitrogens with two attached hydrogens (primary N) is 1. The first-order valence-corrected chi connectivity index (χ1v) is 8.73. The Hall–Kier alpha value is -2.56. The summed E-state index contributed by atoms with van der Waals surface area (Å²) in [7, 11) is 0. The first-order valence-electron chi connectivity index (χ1n) is 8.73. The van der Waals surface area contributed by atoms with Gasteiger partial charge in [0.25, 0.3) is 0 Å². The number of nitrogens with zero attached hydrogens (tertiary/aromatic N) is 3. The number of benzene rings is 1. The minimum Gasteiger partial charge on any atom is -0.325 e. The molecule has 4 nitrogen and oxygen atoms in total. The Balaban J connectivity index is 1.55. The van der Waals surface area contributed by atoms with Gasteiger partial charge in [0.2, 0.25) is 0 Å². The van der Waals surface area contributed by atoms with Crippen molar-refractivity contribution in [1.29, 1.82) is 0 Å². The molecular weight excluding hydrogens is 308 g/mol. The van der Waals surface area contributed by atoms with E-state index in [2.05, 4.69) is 58.4 Å². The molecule has 3 heterocycles. The van der Waals surface area contributed by atoms with Crippen molar-refractivity contribution in [3.8, 4) is 11.3 Å². The van der Waals surface area contributed by atoms with Crippen molar-refractivity contribution < 1.29 is 0 Å². The lowest BCUT2D eigenvalue weighted by atomic mass is 10.0. The van der Waals surface area contributed by atoms with Crippen molar-refractivity contribution >= 4 is 0 Å². The molecule has 0 bridgehead atoms. The second-order valence-electron chi connectivity index (χ2n) is 6.45. The summed E-state index contributed by atoms with van der Waals surface area (Å²) >= 11 is 0. The molecule has 1 aromatic carbocycles. The average Bonchev–Trinajstić information content (AvgIpc) is 2.68. The highest BCUT2D eigenvalue weighted by Gasteiger charge is 2.18. The van der Waals surface area contributed by atoms with Crippen molar-refractivity contribution in [2.24, 2.45) is 5.73 Å². The summed E-state index contributed by atoms with van der Waals surface area (Å²) in [6, 6.07) is 18.9. The molecule has 2 aromatic heterocycles. The van der Waals surface area contributed by atoms with Crippen LogP contribution in [0.3, 0.4) is 0 Å². The maximum atomic E-state index is 5.82. The van der Waals surface area contributed by atoms with Gasteiger partial charge in [0.05, 0.1) is 11.4 Å². The summed E-state index contributed by atoms with van der Waals surface area (Å²) in [5, 5.41) is 0. The fraction of sp³-hybridized carbons (Fsp3) is 0.238. The van der Waals surface area contributed by atoms with E-state index in [0.717, 1.165) is 43.0 Å². The fourth-order valence-corrected chi connectivity index (χ4v) is 3.44. The van der Waals surface area contributed by atoms with E-state index in [9.17, 15) is 0 Å². The molecule has 25 heavy (non-hydrogen) atoms. The Kier molecular flexibility index (Phi) is 4.55. The van der Waals surface area contributed by atoms with Crippen LogP contribution in [0.15, 0.2) is 60.8 Å². The van der Waals surface area contributed by atoms with Crippen molar-refractivity contribution in [2.45, 2.75) is 26.1 Å². The predicted molar refractivity (Wildman–Crippen MR) is 99.6 cm³/mol. The minimum absolute atomic E-state index is 0.430. The monoisotopic (exact) mass is 330 g/mol. The molecule has 0 atom stereocenters. The average molecular weight is 330 g/mol. The van der Waals surface area contributed by atoms with Gasteiger partial charge in [0.15, 0.2) is 0 Å². The molecule has 1 aliphatic rings. The quantitative estimate of drug-likeness (QED) is 0.798. The highest BCUT2D eigenvalue weighted by Crippen LogP contribution is 2.25. The molecule has 0 unspecified atom stereocenters. The molecule has 0 saturated heterocycles. The van der Waals surface area contributed by atoms with E-state index >= 15 is 0 Å². The van der Waals surface area contributed by atoms with Gasteiger partial charge in [-0.25, -0.2) is 0 Å². The Labute approximate surface area is 148 Å². The number of rotatable bonds is 4. The van der Waals surface area contributed by atoms with Crippen molar-refractivity contribution in [3.05, 3.63) is 83.3 Å². The molecule has 1 aliphatic heterocycles. The molecule has 0 fully saturated rings. The molecule has 2 N–H and O–H groups in total. The van der Waals surface area contributed by atoms with Gasteiger partial charge in [0.1, 0.15) is 0 Å². The molecule has 0 amide bonds. The van der Waals surface area contributed by atoms with Gasteiger partial charge in [-0.3, -0.25) is 14.9 Å². The normalized spacial score (nSPS) is 14.3. The highest BCUT2D eigenvalue weighted by molar-refractivity contribution is 5.62. The summed E-state index contributed by atoms with van der Waals surface area (Å²) < 4.78 is 0. The number of hydrogen-bond acceptors (Lipinski definition) is 4. The van der Waals surface area contributed by atoms with E-state index in [1.54, 1.807) is 6.20 Å². The largest absolute Gasteiger partial charge is 0.325 e. The number of pyridine rings is 2. The molecule has 126 valence electrons. The van der Waals surface area contributed by atoms with Gasteiger partial charge in [-0.15, -0.1) is 0 Å². The summed E-state index contributed by atoms with van der Waals surface area (Å²) in [6.07, 6.45) is 2.76. The Bertz CT molecular complexity index is 861. The highest BCUT2D eigenvalue weighted by atomic mass is 15.1. The second-order valence-corrected chi connectivity index (χ2v) is 6.45. The van der Waals surface area contributed by atoms with Gasteiger partial charge >= 0.3 is 0 Å². The Morgan fingerprint density at radius 1 is 1.00 bits per heavy atom. The number of fused-ring (bicyclic) bond motifs is 1. The van der Waals surface area contributed by atoms with Crippen LogP contribution in [0.1, 0.15) is 22.5 Å². The van der Waals surface area contributed by atoms with E-state index in [4.69, 9.17) is 10.7 Å². The minimum atomic E-state index is 0.430. The van der Waals surface area contributed by atoms with Crippen LogP contribution >= 0.6 is 0 Å². The summed E-state index contributed by atoms with van der Waals surface area (Å²) in [6.45, 7) is 3.41. The van der Waals surface area contributed by atoms with E-state index in [1.165, 1.54) is 16.8 Å². The summed E-state index contributed by atoms with van der Waals surface area (Å²) in [4.78, 5) is 11.8. The van der Waals surface area contributed by atoms with Gasteiger partial charge in [0, 0.05) is 50.1 Å². The third-order valence-corrected chi connectivity index (χ3v) is 4.74. The van der Waals surface area contributed by atoms with Crippen LogP contribution in [-0.4, -0.2) is 21.4 Å². The van der Waals surface area contributed by atoms with E-state index in [0.29, 0.717) is 6.54 Å². The first-order chi connectivity index (χ1) is 12.3. The lowest BCUT2D eigenvalue weighted by Crippen LogP contribution is -2.30. The van der Waals surface area contributed by atoms with Crippen LogP contribution in [0, 0.1) is 0 Å². The standard InChI is InChI=1S/C21H22N4/c22-13-21-18(7-4-11-23-21)20-9-8-17-15-25(12-10-19(17)24-20)14-16-5-2-1-3-6-16/h1-9,11H,10,12-15,22H2. The van der Waals surface area contributed by atoms with Crippen LogP contribution in [0.25, 0.3) is 11.3 Å². The third kappa shape index (κ3) is 3.45. The first kappa shape index (κ1) is 15.9. The van der Waals surface area contributed by atoms with Crippen LogP contribution in [-0.2, 0) is 26.1 Å². The van der Waals surface area contributed by atoms with Crippen LogP contribution in [0.2, 0.25) is 0 Å². The topological polar surface area (TPSA) is 55.0 Å². The van der Waals surface area contributed by atoms with Crippen molar-refractivity contribution in [3.63, 3.8) is 0 Å². The van der Waals surface area contributed by atoms with Gasteiger partial charge in [-0.1, -0.05) is 36.4 Å². The number of aromatic nitrogens is 2.